The number of hydrogen-bond donors (Lipinski definition) is 0. The van der Waals surface area contributed by atoms with Crippen LogP contribution in [0.25, 0.3) is 0 Å². The first kappa shape index (κ1) is 8.45. The molecule has 1 atom stereocenters. The fraction of sp³-hybridized carbons (Fsp3) is 0.857. The van der Waals surface area contributed by atoms with Gasteiger partial charge in [-0.15, -0.1) is 0 Å². The van der Waals surface area contributed by atoms with Crippen molar-refractivity contribution >= 4 is 0 Å². The third kappa shape index (κ3) is 5.32. The first-order valence-electron chi connectivity index (χ1n) is 3.19. The Hall–Kier alpha value is -0.550. The summed E-state index contributed by atoms with van der Waals surface area (Å²) in [5, 5.41) is 8.34. The number of hydrogen-bond acceptors (Lipinski definition) is 2. The summed E-state index contributed by atoms with van der Waals surface area (Å²) in [6.07, 6.45) is 1.94. The zero-order valence-electron chi connectivity index (χ0n) is 6.05. The molecule has 0 saturated heterocycles. The van der Waals surface area contributed by atoms with Crippen molar-refractivity contribution in [3.8, 4) is 6.07 Å². The maximum absolute atomic E-state index is 8.34. The normalized spacial score (nSPS) is 12.6. The standard InChI is InChI=1S/C7H13NO/c1-7(6-8)4-3-5-9-2/h7H,3-5H2,1-2H3. The highest BCUT2D eigenvalue weighted by Gasteiger charge is 1.96. The lowest BCUT2D eigenvalue weighted by molar-refractivity contribution is 0.190. The summed E-state index contributed by atoms with van der Waals surface area (Å²) in [5.74, 6) is 0.181. The molecule has 0 saturated carbocycles. The van der Waals surface area contributed by atoms with Gasteiger partial charge in [0.1, 0.15) is 0 Å². The summed E-state index contributed by atoms with van der Waals surface area (Å²) in [6.45, 7) is 2.70. The van der Waals surface area contributed by atoms with Gasteiger partial charge in [-0.1, -0.05) is 0 Å². The van der Waals surface area contributed by atoms with Gasteiger partial charge in [0.15, 0.2) is 0 Å². The van der Waals surface area contributed by atoms with E-state index in [-0.39, 0.29) is 5.92 Å². The minimum atomic E-state index is 0.181. The molecule has 0 aliphatic carbocycles. The van der Waals surface area contributed by atoms with Gasteiger partial charge in [-0.05, 0) is 19.8 Å². The Morgan fingerprint density at radius 1 is 1.67 bits per heavy atom. The Morgan fingerprint density at radius 3 is 2.78 bits per heavy atom. The second-order valence-corrected chi connectivity index (χ2v) is 2.17. The molecule has 0 radical (unpaired) electrons. The Bertz CT molecular complexity index is 95.6. The summed E-state index contributed by atoms with van der Waals surface area (Å²) in [5.41, 5.74) is 0. The highest BCUT2D eigenvalue weighted by atomic mass is 16.5. The first-order valence-corrected chi connectivity index (χ1v) is 3.19. The van der Waals surface area contributed by atoms with E-state index in [2.05, 4.69) is 6.07 Å². The van der Waals surface area contributed by atoms with Gasteiger partial charge in [-0.3, -0.25) is 0 Å². The van der Waals surface area contributed by atoms with Crippen molar-refractivity contribution in [1.29, 1.82) is 5.26 Å². The molecule has 0 spiro atoms. The third-order valence-corrected chi connectivity index (χ3v) is 1.21. The predicted octanol–water partition coefficient (Wildman–Crippen LogP) is 1.57. The summed E-state index contributed by atoms with van der Waals surface area (Å²) < 4.78 is 4.83. The zero-order valence-corrected chi connectivity index (χ0v) is 6.05. The van der Waals surface area contributed by atoms with Gasteiger partial charge in [-0.2, -0.15) is 5.26 Å². The smallest absolute Gasteiger partial charge is 0.0652 e. The van der Waals surface area contributed by atoms with Crippen molar-refractivity contribution < 1.29 is 4.74 Å². The van der Waals surface area contributed by atoms with E-state index in [9.17, 15) is 0 Å². The van der Waals surface area contributed by atoms with Crippen molar-refractivity contribution in [3.05, 3.63) is 0 Å². The van der Waals surface area contributed by atoms with Crippen LogP contribution in [0, 0.1) is 17.2 Å². The lowest BCUT2D eigenvalue weighted by Gasteiger charge is -1.99. The molecule has 52 valence electrons. The van der Waals surface area contributed by atoms with Crippen LogP contribution in [0.3, 0.4) is 0 Å². The van der Waals surface area contributed by atoms with E-state index >= 15 is 0 Å². The second-order valence-electron chi connectivity index (χ2n) is 2.17. The van der Waals surface area contributed by atoms with Gasteiger partial charge in [0, 0.05) is 19.6 Å². The average Bonchev–Trinajstić information content (AvgIpc) is 1.89. The molecule has 0 aliphatic heterocycles. The number of nitriles is 1. The molecule has 0 aromatic rings. The van der Waals surface area contributed by atoms with Crippen LogP contribution in [-0.2, 0) is 4.74 Å². The minimum absolute atomic E-state index is 0.181. The fourth-order valence-corrected chi connectivity index (χ4v) is 0.598. The molecule has 0 N–H and O–H groups in total. The third-order valence-electron chi connectivity index (χ3n) is 1.21. The van der Waals surface area contributed by atoms with E-state index in [1.165, 1.54) is 0 Å². The first-order chi connectivity index (χ1) is 4.31. The molecule has 1 unspecified atom stereocenters. The highest BCUT2D eigenvalue weighted by molar-refractivity contribution is 4.77. The minimum Gasteiger partial charge on any atom is -0.385 e. The topological polar surface area (TPSA) is 33.0 Å². The van der Waals surface area contributed by atoms with Crippen LogP contribution in [0.5, 0.6) is 0 Å². The van der Waals surface area contributed by atoms with E-state index in [1.807, 2.05) is 6.92 Å². The SMILES string of the molecule is COCCCC(C)C#N. The molecule has 0 bridgehead atoms. The van der Waals surface area contributed by atoms with Gasteiger partial charge in [-0.25, -0.2) is 0 Å². The van der Waals surface area contributed by atoms with Crippen LogP contribution in [0.15, 0.2) is 0 Å². The molecule has 0 heterocycles. The molecule has 0 aromatic carbocycles. The molecule has 9 heavy (non-hydrogen) atoms. The van der Waals surface area contributed by atoms with Crippen LogP contribution in [0.2, 0.25) is 0 Å². The zero-order chi connectivity index (χ0) is 7.11. The van der Waals surface area contributed by atoms with Crippen LogP contribution >= 0.6 is 0 Å². The maximum Gasteiger partial charge on any atom is 0.0652 e. The molecule has 2 nitrogen and oxygen atoms in total. The van der Waals surface area contributed by atoms with E-state index in [0.717, 1.165) is 19.4 Å². The van der Waals surface area contributed by atoms with Crippen LogP contribution in [0.1, 0.15) is 19.8 Å². The quantitative estimate of drug-likeness (QED) is 0.537. The molecule has 0 aliphatic rings. The highest BCUT2D eigenvalue weighted by Crippen LogP contribution is 2.02. The number of rotatable bonds is 4. The van der Waals surface area contributed by atoms with Crippen molar-refractivity contribution in [2.75, 3.05) is 13.7 Å². The molecule has 0 rings (SSSR count). The molecular formula is C7H13NO. The fourth-order valence-electron chi connectivity index (χ4n) is 0.598. The van der Waals surface area contributed by atoms with Crippen molar-refractivity contribution in [3.63, 3.8) is 0 Å². The molecular weight excluding hydrogens is 114 g/mol. The second kappa shape index (κ2) is 5.58. The lowest BCUT2D eigenvalue weighted by atomic mass is 10.1. The monoisotopic (exact) mass is 127 g/mol. The van der Waals surface area contributed by atoms with E-state index in [0.29, 0.717) is 0 Å². The van der Waals surface area contributed by atoms with Crippen LogP contribution in [0.4, 0.5) is 0 Å². The van der Waals surface area contributed by atoms with Gasteiger partial charge in [0.25, 0.3) is 0 Å². The average molecular weight is 127 g/mol. The summed E-state index contributed by atoms with van der Waals surface area (Å²) in [7, 11) is 1.68. The Labute approximate surface area is 56.4 Å². The van der Waals surface area contributed by atoms with Gasteiger partial charge < -0.3 is 4.74 Å². The van der Waals surface area contributed by atoms with Gasteiger partial charge in [0.05, 0.1) is 6.07 Å². The lowest BCUT2D eigenvalue weighted by Crippen LogP contribution is -1.94. The molecule has 0 fully saturated rings. The Kier molecular flexibility index (Phi) is 5.24. The predicted molar refractivity (Wildman–Crippen MR) is 35.9 cm³/mol. The van der Waals surface area contributed by atoms with E-state index < -0.39 is 0 Å². The summed E-state index contributed by atoms with van der Waals surface area (Å²) >= 11 is 0. The van der Waals surface area contributed by atoms with Crippen molar-refractivity contribution in [2.24, 2.45) is 5.92 Å². The van der Waals surface area contributed by atoms with Gasteiger partial charge >= 0.3 is 0 Å². The number of ether oxygens (including phenoxy) is 1. The van der Waals surface area contributed by atoms with Crippen molar-refractivity contribution in [1.82, 2.24) is 0 Å². The molecule has 0 amide bonds. The van der Waals surface area contributed by atoms with E-state index in [1.54, 1.807) is 7.11 Å². The molecule has 2 heteroatoms. The largest absolute Gasteiger partial charge is 0.385 e. The number of nitrogens with zero attached hydrogens (tertiary/aromatic N) is 1. The van der Waals surface area contributed by atoms with Crippen LogP contribution in [-0.4, -0.2) is 13.7 Å². The Morgan fingerprint density at radius 2 is 2.33 bits per heavy atom. The van der Waals surface area contributed by atoms with Gasteiger partial charge in [0.2, 0.25) is 0 Å². The summed E-state index contributed by atoms with van der Waals surface area (Å²) in [4.78, 5) is 0. The van der Waals surface area contributed by atoms with Crippen LogP contribution < -0.4 is 0 Å². The maximum atomic E-state index is 8.34. The van der Waals surface area contributed by atoms with E-state index in [4.69, 9.17) is 10.00 Å². The Balaban J connectivity index is 2.99. The summed E-state index contributed by atoms with van der Waals surface area (Å²) in [6, 6.07) is 2.17. The molecule has 0 aromatic heterocycles. The number of methoxy groups -OCH3 is 1. The van der Waals surface area contributed by atoms with Crippen molar-refractivity contribution in [2.45, 2.75) is 19.8 Å².